The molecule has 1 aliphatic heterocycles. The molecule has 2 aromatic rings. The van der Waals surface area contributed by atoms with Crippen LogP contribution in [-0.2, 0) is 0 Å². The second-order valence-corrected chi connectivity index (χ2v) is 3.88. The largest absolute Gasteiger partial charge is 0.361 e. The van der Waals surface area contributed by atoms with Crippen LogP contribution < -0.4 is 10.6 Å². The van der Waals surface area contributed by atoms with Crippen molar-refractivity contribution in [1.82, 2.24) is 20.3 Å². The summed E-state index contributed by atoms with van der Waals surface area (Å²) in [6.07, 6.45) is 5.54. The van der Waals surface area contributed by atoms with Crippen LogP contribution in [0.4, 0.5) is 5.95 Å². The highest BCUT2D eigenvalue weighted by atomic mass is 15.2. The minimum absolute atomic E-state index is 0.469. The van der Waals surface area contributed by atoms with Gasteiger partial charge in [0.1, 0.15) is 0 Å². The molecule has 3 heterocycles. The number of hydrogen-bond acceptors (Lipinski definition) is 4. The Morgan fingerprint density at radius 2 is 2.06 bits per heavy atom. The second-order valence-electron chi connectivity index (χ2n) is 3.88. The summed E-state index contributed by atoms with van der Waals surface area (Å²) in [6.45, 7) is 1.98. The van der Waals surface area contributed by atoms with Crippen molar-refractivity contribution in [1.29, 1.82) is 0 Å². The molecule has 1 saturated heterocycles. The van der Waals surface area contributed by atoms with E-state index in [2.05, 4.69) is 25.6 Å². The zero-order chi connectivity index (χ0) is 10.8. The quantitative estimate of drug-likeness (QED) is 0.710. The molecule has 0 spiro atoms. The van der Waals surface area contributed by atoms with Gasteiger partial charge in [0, 0.05) is 42.9 Å². The number of nitrogens with one attached hydrogen (secondary N) is 3. The number of rotatable bonds is 3. The third kappa shape index (κ3) is 1.77. The van der Waals surface area contributed by atoms with E-state index in [0.717, 1.165) is 24.3 Å². The molecular formula is C11H13N5. The number of anilines is 1. The Balaban J connectivity index is 1.74. The Labute approximate surface area is 93.3 Å². The van der Waals surface area contributed by atoms with Crippen molar-refractivity contribution in [2.24, 2.45) is 0 Å². The van der Waals surface area contributed by atoms with Gasteiger partial charge in [-0.05, 0) is 12.1 Å². The van der Waals surface area contributed by atoms with E-state index in [-0.39, 0.29) is 0 Å². The number of hydrogen-bond donors (Lipinski definition) is 3. The third-order valence-electron chi connectivity index (χ3n) is 2.68. The summed E-state index contributed by atoms with van der Waals surface area (Å²) in [5.41, 5.74) is 2.04. The van der Waals surface area contributed by atoms with Gasteiger partial charge in [0.25, 0.3) is 0 Å². The fraction of sp³-hybridized carbons (Fsp3) is 0.273. The molecule has 0 aliphatic carbocycles. The van der Waals surface area contributed by atoms with E-state index in [1.807, 2.05) is 30.7 Å². The van der Waals surface area contributed by atoms with Crippen LogP contribution in [0, 0.1) is 0 Å². The normalized spacial score (nSPS) is 15.8. The van der Waals surface area contributed by atoms with Crippen molar-refractivity contribution in [3.8, 4) is 11.3 Å². The van der Waals surface area contributed by atoms with E-state index < -0.39 is 0 Å². The molecule has 1 aliphatic rings. The van der Waals surface area contributed by atoms with Gasteiger partial charge in [-0.2, -0.15) is 0 Å². The molecule has 0 aromatic carbocycles. The van der Waals surface area contributed by atoms with E-state index in [9.17, 15) is 0 Å². The van der Waals surface area contributed by atoms with Gasteiger partial charge in [-0.25, -0.2) is 9.97 Å². The van der Waals surface area contributed by atoms with Crippen LogP contribution in [0.2, 0.25) is 0 Å². The molecule has 82 valence electrons. The number of aromatic amines is 1. The highest BCUT2D eigenvalue weighted by Gasteiger charge is 2.16. The zero-order valence-corrected chi connectivity index (χ0v) is 8.77. The first-order chi connectivity index (χ1) is 7.92. The van der Waals surface area contributed by atoms with Gasteiger partial charge < -0.3 is 15.6 Å². The first kappa shape index (κ1) is 9.35. The third-order valence-corrected chi connectivity index (χ3v) is 2.68. The highest BCUT2D eigenvalue weighted by Crippen LogP contribution is 2.15. The minimum Gasteiger partial charge on any atom is -0.361 e. The Morgan fingerprint density at radius 1 is 1.25 bits per heavy atom. The zero-order valence-electron chi connectivity index (χ0n) is 8.77. The summed E-state index contributed by atoms with van der Waals surface area (Å²) in [5.74, 6) is 0.696. The summed E-state index contributed by atoms with van der Waals surface area (Å²) in [6, 6.07) is 4.43. The van der Waals surface area contributed by atoms with Gasteiger partial charge in [-0.15, -0.1) is 0 Å². The maximum atomic E-state index is 4.29. The van der Waals surface area contributed by atoms with Crippen LogP contribution in [0.15, 0.2) is 30.7 Å². The van der Waals surface area contributed by atoms with Crippen molar-refractivity contribution in [2.45, 2.75) is 6.04 Å². The Hall–Kier alpha value is -1.88. The standard InChI is InChI=1S/C11H13N5/c1-2-10(13-3-1)8-4-14-11(15-5-8)16-9-6-12-7-9/h1-5,9,12-13H,6-7H2,(H,14,15,16). The van der Waals surface area contributed by atoms with Gasteiger partial charge in [0.15, 0.2) is 0 Å². The average molecular weight is 215 g/mol. The van der Waals surface area contributed by atoms with Gasteiger partial charge in [0.05, 0.1) is 6.04 Å². The Kier molecular flexibility index (Phi) is 2.30. The predicted molar refractivity (Wildman–Crippen MR) is 62.1 cm³/mol. The number of nitrogens with zero attached hydrogens (tertiary/aromatic N) is 2. The van der Waals surface area contributed by atoms with Gasteiger partial charge in [0.2, 0.25) is 5.95 Å². The molecule has 1 fully saturated rings. The van der Waals surface area contributed by atoms with Crippen molar-refractivity contribution < 1.29 is 0 Å². The summed E-state index contributed by atoms with van der Waals surface area (Å²) in [4.78, 5) is 11.7. The van der Waals surface area contributed by atoms with Crippen LogP contribution in [0.3, 0.4) is 0 Å². The van der Waals surface area contributed by atoms with Crippen molar-refractivity contribution in [3.05, 3.63) is 30.7 Å². The van der Waals surface area contributed by atoms with Gasteiger partial charge in [-0.3, -0.25) is 0 Å². The fourth-order valence-electron chi connectivity index (χ4n) is 1.62. The van der Waals surface area contributed by atoms with Gasteiger partial charge in [-0.1, -0.05) is 0 Å². The van der Waals surface area contributed by atoms with Crippen LogP contribution in [0.1, 0.15) is 0 Å². The van der Waals surface area contributed by atoms with E-state index in [0.29, 0.717) is 12.0 Å². The summed E-state index contributed by atoms with van der Waals surface area (Å²) < 4.78 is 0. The van der Waals surface area contributed by atoms with Crippen molar-refractivity contribution >= 4 is 5.95 Å². The molecule has 0 amide bonds. The van der Waals surface area contributed by atoms with Crippen LogP contribution in [0.5, 0.6) is 0 Å². The Bertz CT molecular complexity index is 444. The molecule has 0 unspecified atom stereocenters. The molecule has 16 heavy (non-hydrogen) atoms. The maximum absolute atomic E-state index is 4.29. The Morgan fingerprint density at radius 3 is 2.62 bits per heavy atom. The number of aromatic nitrogens is 3. The molecular weight excluding hydrogens is 202 g/mol. The average Bonchev–Trinajstić information content (AvgIpc) is 2.78. The van der Waals surface area contributed by atoms with Crippen molar-refractivity contribution in [3.63, 3.8) is 0 Å². The van der Waals surface area contributed by atoms with Gasteiger partial charge >= 0.3 is 0 Å². The maximum Gasteiger partial charge on any atom is 0.222 e. The fourth-order valence-corrected chi connectivity index (χ4v) is 1.62. The molecule has 0 bridgehead atoms. The summed E-state index contributed by atoms with van der Waals surface area (Å²) in [5, 5.41) is 6.45. The summed E-state index contributed by atoms with van der Waals surface area (Å²) in [7, 11) is 0. The first-order valence-corrected chi connectivity index (χ1v) is 5.35. The predicted octanol–water partition coefficient (Wildman–Crippen LogP) is 0.855. The van der Waals surface area contributed by atoms with E-state index in [4.69, 9.17) is 0 Å². The van der Waals surface area contributed by atoms with E-state index in [1.54, 1.807) is 0 Å². The second kappa shape index (κ2) is 3.94. The lowest BCUT2D eigenvalue weighted by Crippen LogP contribution is -2.51. The molecule has 5 heteroatoms. The lowest BCUT2D eigenvalue weighted by atomic mass is 10.2. The van der Waals surface area contributed by atoms with Crippen LogP contribution in [0.25, 0.3) is 11.3 Å². The minimum atomic E-state index is 0.469. The lowest BCUT2D eigenvalue weighted by Gasteiger charge is -2.27. The molecule has 0 saturated carbocycles. The molecule has 3 N–H and O–H groups in total. The highest BCUT2D eigenvalue weighted by molar-refractivity contribution is 5.57. The molecule has 3 rings (SSSR count). The SMILES string of the molecule is c1c[nH]c(-c2cnc(NC3CNC3)nc2)c1. The van der Waals surface area contributed by atoms with Crippen LogP contribution in [-0.4, -0.2) is 34.1 Å². The van der Waals surface area contributed by atoms with E-state index >= 15 is 0 Å². The van der Waals surface area contributed by atoms with Crippen LogP contribution >= 0.6 is 0 Å². The van der Waals surface area contributed by atoms with E-state index in [1.165, 1.54) is 0 Å². The summed E-state index contributed by atoms with van der Waals surface area (Å²) >= 11 is 0. The number of H-pyrrole nitrogens is 1. The monoisotopic (exact) mass is 215 g/mol. The lowest BCUT2D eigenvalue weighted by molar-refractivity contribution is 0.470. The molecule has 2 aromatic heterocycles. The molecule has 5 nitrogen and oxygen atoms in total. The smallest absolute Gasteiger partial charge is 0.222 e. The molecule has 0 atom stereocenters. The molecule has 0 radical (unpaired) electrons. The first-order valence-electron chi connectivity index (χ1n) is 5.35. The van der Waals surface area contributed by atoms with Crippen molar-refractivity contribution in [2.75, 3.05) is 18.4 Å². The topological polar surface area (TPSA) is 65.6 Å².